The maximum Gasteiger partial charge on any atom is 0.340 e. The number of aryl methyl sites for hydroxylation is 2. The van der Waals surface area contributed by atoms with Crippen LogP contribution in [-0.4, -0.2) is 28.4 Å². The summed E-state index contributed by atoms with van der Waals surface area (Å²) >= 11 is 1.35. The minimum atomic E-state index is -0.460. The number of thiophene rings is 1. The third-order valence-corrected chi connectivity index (χ3v) is 4.55. The van der Waals surface area contributed by atoms with E-state index in [-0.39, 0.29) is 12.3 Å². The fourth-order valence-electron chi connectivity index (χ4n) is 2.49. The van der Waals surface area contributed by atoms with Gasteiger partial charge in [-0.15, -0.1) is 11.3 Å². The first-order chi connectivity index (χ1) is 11.5. The zero-order valence-electron chi connectivity index (χ0n) is 13.6. The summed E-state index contributed by atoms with van der Waals surface area (Å²) in [5.41, 5.74) is 2.93. The average molecular weight is 343 g/mol. The van der Waals surface area contributed by atoms with E-state index in [4.69, 9.17) is 4.74 Å². The van der Waals surface area contributed by atoms with E-state index >= 15 is 0 Å². The summed E-state index contributed by atoms with van der Waals surface area (Å²) in [4.78, 5) is 29.5. The van der Waals surface area contributed by atoms with E-state index in [0.29, 0.717) is 16.3 Å². The number of amides is 1. The van der Waals surface area contributed by atoms with Crippen LogP contribution in [0.1, 0.15) is 26.5 Å². The van der Waals surface area contributed by atoms with Gasteiger partial charge in [-0.2, -0.15) is 0 Å². The molecule has 0 aliphatic heterocycles. The predicted octanol–water partition coefficient (Wildman–Crippen LogP) is 2.98. The number of methoxy groups -OCH3 is 1. The van der Waals surface area contributed by atoms with E-state index in [0.717, 1.165) is 16.1 Å². The summed E-state index contributed by atoms with van der Waals surface area (Å²) in [5.74, 6) is -0.680. The molecule has 0 radical (unpaired) electrons. The molecule has 0 unspecified atom stereocenters. The number of pyridine rings is 1. The van der Waals surface area contributed by atoms with Gasteiger partial charge >= 0.3 is 5.97 Å². The number of rotatable bonds is 4. The molecule has 3 aromatic heterocycles. The number of aromatic nitrogens is 2. The molecule has 3 aromatic rings. The Bertz CT molecular complexity index is 926. The zero-order chi connectivity index (χ0) is 17.3. The number of carbonyl (C=O) groups is 2. The molecule has 24 heavy (non-hydrogen) atoms. The van der Waals surface area contributed by atoms with Crippen LogP contribution in [0, 0.1) is 13.8 Å². The van der Waals surface area contributed by atoms with Crippen molar-refractivity contribution in [1.82, 2.24) is 9.38 Å². The average Bonchev–Trinajstić information content (AvgIpc) is 3.10. The SMILES string of the molecule is COC(=O)c1cc(C)sc1NC(=O)Cc1cn2cccc(C)c2n1. The van der Waals surface area contributed by atoms with Crippen LogP contribution in [0.3, 0.4) is 0 Å². The van der Waals surface area contributed by atoms with Crippen molar-refractivity contribution in [2.24, 2.45) is 0 Å². The normalized spacial score (nSPS) is 10.8. The standard InChI is InChI=1S/C17H17N3O3S/c1-10-5-4-6-20-9-12(18-15(10)20)8-14(21)19-16-13(17(22)23-3)7-11(2)24-16/h4-7,9H,8H2,1-3H3,(H,19,21). The van der Waals surface area contributed by atoms with Crippen LogP contribution in [-0.2, 0) is 16.0 Å². The predicted molar refractivity (Wildman–Crippen MR) is 92.7 cm³/mol. The molecule has 0 aromatic carbocycles. The lowest BCUT2D eigenvalue weighted by Gasteiger charge is -2.04. The Morgan fingerprint density at radius 2 is 2.17 bits per heavy atom. The number of esters is 1. The lowest BCUT2D eigenvalue weighted by Crippen LogP contribution is -2.16. The van der Waals surface area contributed by atoms with Gasteiger partial charge in [0, 0.05) is 17.3 Å². The third-order valence-electron chi connectivity index (χ3n) is 3.58. The molecule has 0 spiro atoms. The van der Waals surface area contributed by atoms with Gasteiger partial charge in [-0.1, -0.05) is 6.07 Å². The fraction of sp³-hybridized carbons (Fsp3) is 0.235. The highest BCUT2D eigenvalue weighted by Gasteiger charge is 2.18. The van der Waals surface area contributed by atoms with Crippen LogP contribution in [0.2, 0.25) is 0 Å². The van der Waals surface area contributed by atoms with E-state index in [9.17, 15) is 9.59 Å². The molecule has 0 saturated carbocycles. The summed E-state index contributed by atoms with van der Waals surface area (Å²) in [7, 11) is 1.32. The van der Waals surface area contributed by atoms with Crippen molar-refractivity contribution in [3.05, 3.63) is 52.3 Å². The molecule has 0 bridgehead atoms. The Hall–Kier alpha value is -2.67. The molecular formula is C17H17N3O3S. The highest BCUT2D eigenvalue weighted by molar-refractivity contribution is 7.16. The molecule has 3 rings (SSSR count). The Kier molecular flexibility index (Phi) is 4.35. The number of hydrogen-bond acceptors (Lipinski definition) is 5. The van der Waals surface area contributed by atoms with Crippen LogP contribution < -0.4 is 5.32 Å². The molecule has 0 atom stereocenters. The quantitative estimate of drug-likeness (QED) is 0.739. The van der Waals surface area contributed by atoms with Gasteiger partial charge in [0.05, 0.1) is 24.8 Å². The van der Waals surface area contributed by atoms with Crippen molar-refractivity contribution in [1.29, 1.82) is 0 Å². The summed E-state index contributed by atoms with van der Waals surface area (Å²) < 4.78 is 6.64. The third kappa shape index (κ3) is 3.16. The van der Waals surface area contributed by atoms with Gasteiger partial charge in [0.15, 0.2) is 0 Å². The first kappa shape index (κ1) is 16.2. The Balaban J connectivity index is 1.78. The number of nitrogens with one attached hydrogen (secondary N) is 1. The van der Waals surface area contributed by atoms with Crippen molar-refractivity contribution in [2.45, 2.75) is 20.3 Å². The molecule has 0 fully saturated rings. The Morgan fingerprint density at radius 3 is 2.88 bits per heavy atom. The largest absolute Gasteiger partial charge is 0.465 e. The molecule has 0 saturated heterocycles. The minimum Gasteiger partial charge on any atom is -0.465 e. The monoisotopic (exact) mass is 343 g/mol. The van der Waals surface area contributed by atoms with Crippen molar-refractivity contribution >= 4 is 33.9 Å². The van der Waals surface area contributed by atoms with E-state index in [1.807, 2.05) is 42.8 Å². The number of hydrogen-bond donors (Lipinski definition) is 1. The molecule has 7 heteroatoms. The highest BCUT2D eigenvalue weighted by Crippen LogP contribution is 2.28. The second kappa shape index (κ2) is 6.45. The number of fused-ring (bicyclic) bond motifs is 1. The number of anilines is 1. The Morgan fingerprint density at radius 1 is 1.38 bits per heavy atom. The zero-order valence-corrected chi connectivity index (χ0v) is 14.4. The van der Waals surface area contributed by atoms with Gasteiger partial charge in [0.1, 0.15) is 10.6 Å². The summed E-state index contributed by atoms with van der Waals surface area (Å²) in [6.45, 7) is 3.85. The molecule has 1 N–H and O–H groups in total. The highest BCUT2D eigenvalue weighted by atomic mass is 32.1. The lowest BCUT2D eigenvalue weighted by atomic mass is 10.2. The summed E-state index contributed by atoms with van der Waals surface area (Å²) in [6.07, 6.45) is 3.87. The molecule has 124 valence electrons. The van der Waals surface area contributed by atoms with Gasteiger partial charge in [0.2, 0.25) is 5.91 Å². The van der Waals surface area contributed by atoms with Crippen LogP contribution in [0.4, 0.5) is 5.00 Å². The molecule has 6 nitrogen and oxygen atoms in total. The van der Waals surface area contributed by atoms with Crippen molar-refractivity contribution in [3.63, 3.8) is 0 Å². The first-order valence-electron chi connectivity index (χ1n) is 7.39. The molecule has 0 aliphatic rings. The van der Waals surface area contributed by atoms with E-state index < -0.39 is 5.97 Å². The van der Waals surface area contributed by atoms with Crippen LogP contribution in [0.15, 0.2) is 30.6 Å². The lowest BCUT2D eigenvalue weighted by molar-refractivity contribution is -0.115. The van der Waals surface area contributed by atoms with Gasteiger partial charge in [-0.3, -0.25) is 4.79 Å². The number of ether oxygens (including phenoxy) is 1. The van der Waals surface area contributed by atoms with Crippen molar-refractivity contribution in [3.8, 4) is 0 Å². The van der Waals surface area contributed by atoms with Gasteiger partial charge < -0.3 is 14.5 Å². The fourth-order valence-corrected chi connectivity index (χ4v) is 3.41. The Labute approximate surface area is 143 Å². The second-order valence-corrected chi connectivity index (χ2v) is 6.73. The van der Waals surface area contributed by atoms with Gasteiger partial charge in [-0.25, -0.2) is 9.78 Å². The maximum absolute atomic E-state index is 12.3. The van der Waals surface area contributed by atoms with E-state index in [1.54, 1.807) is 6.07 Å². The summed E-state index contributed by atoms with van der Waals surface area (Å²) in [5, 5.41) is 3.29. The van der Waals surface area contributed by atoms with Crippen LogP contribution >= 0.6 is 11.3 Å². The topological polar surface area (TPSA) is 72.7 Å². The van der Waals surface area contributed by atoms with Crippen LogP contribution in [0.5, 0.6) is 0 Å². The molecule has 0 aliphatic carbocycles. The molecule has 1 amide bonds. The maximum atomic E-state index is 12.3. The van der Waals surface area contributed by atoms with Crippen molar-refractivity contribution in [2.75, 3.05) is 12.4 Å². The minimum absolute atomic E-state index is 0.138. The van der Waals surface area contributed by atoms with Crippen LogP contribution in [0.25, 0.3) is 5.65 Å². The number of carbonyl (C=O) groups excluding carboxylic acids is 2. The first-order valence-corrected chi connectivity index (χ1v) is 8.21. The number of imidazole rings is 1. The van der Waals surface area contributed by atoms with Gasteiger partial charge in [-0.05, 0) is 31.5 Å². The van der Waals surface area contributed by atoms with Crippen molar-refractivity contribution < 1.29 is 14.3 Å². The van der Waals surface area contributed by atoms with Gasteiger partial charge in [0.25, 0.3) is 0 Å². The summed E-state index contributed by atoms with van der Waals surface area (Å²) in [6, 6.07) is 5.62. The van der Waals surface area contributed by atoms with E-state index in [2.05, 4.69) is 10.3 Å². The smallest absolute Gasteiger partial charge is 0.340 e. The molecular weight excluding hydrogens is 326 g/mol. The second-order valence-electron chi connectivity index (χ2n) is 5.47. The molecule has 3 heterocycles. The number of nitrogens with zero attached hydrogens (tertiary/aromatic N) is 2. The van der Waals surface area contributed by atoms with E-state index in [1.165, 1.54) is 18.4 Å².